The van der Waals surface area contributed by atoms with E-state index in [0.29, 0.717) is 19.7 Å². The summed E-state index contributed by atoms with van der Waals surface area (Å²) in [6.45, 7) is 2.90. The van der Waals surface area contributed by atoms with Gasteiger partial charge in [-0.15, -0.1) is 0 Å². The molecule has 116 valence electrons. The first-order chi connectivity index (χ1) is 10.1. The molecule has 6 nitrogen and oxygen atoms in total. The SMILES string of the molecule is COCCNC(=O)C(C)NC(=O)Cc1ccccc1CN. The van der Waals surface area contributed by atoms with Crippen molar-refractivity contribution in [3.63, 3.8) is 0 Å². The summed E-state index contributed by atoms with van der Waals surface area (Å²) in [7, 11) is 1.56. The Balaban J connectivity index is 2.47. The zero-order chi connectivity index (χ0) is 15.7. The molecule has 0 aromatic heterocycles. The number of nitrogens with two attached hydrogens (primary N) is 1. The van der Waals surface area contributed by atoms with Crippen molar-refractivity contribution in [2.75, 3.05) is 20.3 Å². The van der Waals surface area contributed by atoms with Crippen LogP contribution in [0.25, 0.3) is 0 Å². The normalized spacial score (nSPS) is 11.8. The highest BCUT2D eigenvalue weighted by atomic mass is 16.5. The van der Waals surface area contributed by atoms with Gasteiger partial charge in [0.25, 0.3) is 0 Å². The van der Waals surface area contributed by atoms with Gasteiger partial charge in [-0.3, -0.25) is 9.59 Å². The summed E-state index contributed by atoms with van der Waals surface area (Å²) in [6, 6.07) is 6.92. The van der Waals surface area contributed by atoms with E-state index in [1.165, 1.54) is 0 Å². The molecule has 2 amide bonds. The van der Waals surface area contributed by atoms with Crippen LogP contribution in [0.4, 0.5) is 0 Å². The van der Waals surface area contributed by atoms with E-state index in [9.17, 15) is 9.59 Å². The molecular formula is C15H23N3O3. The third-order valence-electron chi connectivity index (χ3n) is 3.07. The second kappa shape index (κ2) is 9.10. The molecule has 1 unspecified atom stereocenters. The molecule has 4 N–H and O–H groups in total. The van der Waals surface area contributed by atoms with E-state index in [1.807, 2.05) is 24.3 Å². The number of amides is 2. The lowest BCUT2D eigenvalue weighted by Gasteiger charge is -2.14. The standard InChI is InChI=1S/C15H23N3O3/c1-11(15(20)17-7-8-21-2)18-14(19)9-12-5-3-4-6-13(12)10-16/h3-6,11H,7-10,16H2,1-2H3,(H,17,20)(H,18,19). The van der Waals surface area contributed by atoms with E-state index in [2.05, 4.69) is 10.6 Å². The number of benzene rings is 1. The van der Waals surface area contributed by atoms with Gasteiger partial charge < -0.3 is 21.1 Å². The quantitative estimate of drug-likeness (QED) is 0.586. The highest BCUT2D eigenvalue weighted by Gasteiger charge is 2.15. The molecule has 0 aliphatic carbocycles. The topological polar surface area (TPSA) is 93.5 Å². The van der Waals surface area contributed by atoms with Crippen LogP contribution in [0.5, 0.6) is 0 Å². The Labute approximate surface area is 125 Å². The zero-order valence-corrected chi connectivity index (χ0v) is 12.5. The minimum atomic E-state index is -0.584. The molecule has 6 heteroatoms. The van der Waals surface area contributed by atoms with Crippen molar-refractivity contribution in [1.29, 1.82) is 0 Å². The molecule has 1 atom stereocenters. The van der Waals surface area contributed by atoms with E-state index >= 15 is 0 Å². The predicted octanol–water partition coefficient (Wildman–Crippen LogP) is -0.0449. The highest BCUT2D eigenvalue weighted by molar-refractivity contribution is 5.88. The monoisotopic (exact) mass is 293 g/mol. The van der Waals surface area contributed by atoms with Crippen molar-refractivity contribution in [3.05, 3.63) is 35.4 Å². The van der Waals surface area contributed by atoms with Gasteiger partial charge in [0.2, 0.25) is 11.8 Å². The number of nitrogens with one attached hydrogen (secondary N) is 2. The summed E-state index contributed by atoms with van der Waals surface area (Å²) in [6.07, 6.45) is 0.211. The number of ether oxygens (including phenoxy) is 1. The lowest BCUT2D eigenvalue weighted by Crippen LogP contribution is -2.46. The number of rotatable bonds is 8. The van der Waals surface area contributed by atoms with E-state index in [0.717, 1.165) is 11.1 Å². The van der Waals surface area contributed by atoms with Crippen molar-refractivity contribution in [1.82, 2.24) is 10.6 Å². The van der Waals surface area contributed by atoms with E-state index in [-0.39, 0.29) is 18.2 Å². The molecule has 0 radical (unpaired) electrons. The van der Waals surface area contributed by atoms with Gasteiger partial charge in [-0.25, -0.2) is 0 Å². The van der Waals surface area contributed by atoms with Crippen LogP contribution < -0.4 is 16.4 Å². The van der Waals surface area contributed by atoms with Crippen LogP contribution in [-0.4, -0.2) is 38.1 Å². The van der Waals surface area contributed by atoms with Gasteiger partial charge in [0.15, 0.2) is 0 Å². The van der Waals surface area contributed by atoms with Gasteiger partial charge in [-0.2, -0.15) is 0 Å². The van der Waals surface area contributed by atoms with E-state index < -0.39 is 6.04 Å². The minimum absolute atomic E-state index is 0.203. The third kappa shape index (κ3) is 5.93. The Morgan fingerprint density at radius 1 is 1.29 bits per heavy atom. The molecule has 1 aromatic carbocycles. The molecular weight excluding hydrogens is 270 g/mol. The Morgan fingerprint density at radius 2 is 1.95 bits per heavy atom. The molecule has 0 aliphatic heterocycles. The van der Waals surface area contributed by atoms with Crippen LogP contribution in [-0.2, 0) is 27.3 Å². The Bertz CT molecular complexity index is 477. The summed E-state index contributed by atoms with van der Waals surface area (Å²) in [5.74, 6) is -0.433. The van der Waals surface area contributed by atoms with Gasteiger partial charge >= 0.3 is 0 Å². The van der Waals surface area contributed by atoms with Crippen LogP contribution >= 0.6 is 0 Å². The minimum Gasteiger partial charge on any atom is -0.383 e. The van der Waals surface area contributed by atoms with Crippen LogP contribution in [0.3, 0.4) is 0 Å². The largest absolute Gasteiger partial charge is 0.383 e. The van der Waals surface area contributed by atoms with Crippen molar-refractivity contribution < 1.29 is 14.3 Å². The average molecular weight is 293 g/mol. The molecule has 0 saturated carbocycles. The fourth-order valence-corrected chi connectivity index (χ4v) is 1.89. The molecule has 0 spiro atoms. The molecule has 1 rings (SSSR count). The highest BCUT2D eigenvalue weighted by Crippen LogP contribution is 2.08. The first-order valence-electron chi connectivity index (χ1n) is 6.91. The molecule has 0 heterocycles. The van der Waals surface area contributed by atoms with E-state index in [4.69, 9.17) is 10.5 Å². The maximum atomic E-state index is 12.0. The Kier molecular flexibility index (Phi) is 7.42. The first-order valence-corrected chi connectivity index (χ1v) is 6.91. The van der Waals surface area contributed by atoms with Gasteiger partial charge in [0, 0.05) is 20.2 Å². The summed E-state index contributed by atoms with van der Waals surface area (Å²) < 4.78 is 4.84. The summed E-state index contributed by atoms with van der Waals surface area (Å²) in [5.41, 5.74) is 7.45. The van der Waals surface area contributed by atoms with Crippen molar-refractivity contribution in [2.45, 2.75) is 25.9 Å². The Morgan fingerprint density at radius 3 is 2.57 bits per heavy atom. The molecule has 0 aliphatic rings. The Hall–Kier alpha value is -1.92. The van der Waals surface area contributed by atoms with Gasteiger partial charge in [-0.05, 0) is 18.1 Å². The van der Waals surface area contributed by atoms with Crippen molar-refractivity contribution >= 4 is 11.8 Å². The molecule has 21 heavy (non-hydrogen) atoms. The number of carbonyl (C=O) groups is 2. The van der Waals surface area contributed by atoms with Gasteiger partial charge in [0.1, 0.15) is 6.04 Å². The van der Waals surface area contributed by atoms with Crippen LogP contribution in [0, 0.1) is 0 Å². The van der Waals surface area contributed by atoms with Crippen molar-refractivity contribution in [2.24, 2.45) is 5.73 Å². The van der Waals surface area contributed by atoms with Crippen LogP contribution in [0.15, 0.2) is 24.3 Å². The molecule has 0 fully saturated rings. The molecule has 0 bridgehead atoms. The maximum absolute atomic E-state index is 12.0. The van der Waals surface area contributed by atoms with Gasteiger partial charge in [0.05, 0.1) is 13.0 Å². The summed E-state index contributed by atoms with van der Waals surface area (Å²) in [5, 5.41) is 5.35. The number of methoxy groups -OCH3 is 1. The number of hydrogen-bond donors (Lipinski definition) is 3. The number of carbonyl (C=O) groups excluding carboxylic acids is 2. The predicted molar refractivity (Wildman–Crippen MR) is 80.5 cm³/mol. The molecule has 1 aromatic rings. The van der Waals surface area contributed by atoms with Gasteiger partial charge in [-0.1, -0.05) is 24.3 Å². The summed E-state index contributed by atoms with van der Waals surface area (Å²) in [4.78, 5) is 23.7. The first kappa shape index (κ1) is 17.1. The third-order valence-corrected chi connectivity index (χ3v) is 3.07. The maximum Gasteiger partial charge on any atom is 0.242 e. The van der Waals surface area contributed by atoms with E-state index in [1.54, 1.807) is 14.0 Å². The number of hydrogen-bond acceptors (Lipinski definition) is 4. The fourth-order valence-electron chi connectivity index (χ4n) is 1.89. The second-order valence-electron chi connectivity index (χ2n) is 4.72. The lowest BCUT2D eigenvalue weighted by molar-refractivity contribution is -0.128. The average Bonchev–Trinajstić information content (AvgIpc) is 2.47. The lowest BCUT2D eigenvalue weighted by atomic mass is 10.0. The van der Waals surface area contributed by atoms with Crippen LogP contribution in [0.1, 0.15) is 18.1 Å². The smallest absolute Gasteiger partial charge is 0.242 e. The summed E-state index contributed by atoms with van der Waals surface area (Å²) >= 11 is 0. The second-order valence-corrected chi connectivity index (χ2v) is 4.72. The zero-order valence-electron chi connectivity index (χ0n) is 12.5. The van der Waals surface area contributed by atoms with Crippen LogP contribution in [0.2, 0.25) is 0 Å². The van der Waals surface area contributed by atoms with Crippen molar-refractivity contribution in [3.8, 4) is 0 Å². The fraction of sp³-hybridized carbons (Fsp3) is 0.467. The molecule has 0 saturated heterocycles.